The van der Waals surface area contributed by atoms with Crippen molar-refractivity contribution in [3.05, 3.63) is 40.3 Å². The molecule has 2 aromatic rings. The summed E-state index contributed by atoms with van der Waals surface area (Å²) in [5.41, 5.74) is 0.281. The Labute approximate surface area is 146 Å². The maximum absolute atomic E-state index is 13.4. The lowest BCUT2D eigenvalue weighted by atomic mass is 9.98. The number of fused-ring (bicyclic) bond motifs is 1. The first-order valence-corrected chi connectivity index (χ1v) is 9.40. The van der Waals surface area contributed by atoms with Crippen LogP contribution in [0.15, 0.2) is 29.1 Å². The van der Waals surface area contributed by atoms with E-state index in [-0.39, 0.29) is 11.5 Å². The summed E-state index contributed by atoms with van der Waals surface area (Å²) in [5.74, 6) is 2.16. The van der Waals surface area contributed by atoms with Gasteiger partial charge >= 0.3 is 0 Å². The van der Waals surface area contributed by atoms with Crippen LogP contribution in [-0.2, 0) is 7.05 Å². The van der Waals surface area contributed by atoms with E-state index in [9.17, 15) is 9.59 Å². The fourth-order valence-corrected chi connectivity index (χ4v) is 4.56. The zero-order chi connectivity index (χ0) is 17.1. The van der Waals surface area contributed by atoms with Crippen LogP contribution in [0.5, 0.6) is 0 Å². The topological polar surface area (TPSA) is 55.2 Å². The fourth-order valence-electron chi connectivity index (χ4n) is 4.56. The number of hydrogen-bond donors (Lipinski definition) is 0. The molecule has 5 nitrogen and oxygen atoms in total. The molecule has 0 radical (unpaired) electrons. The van der Waals surface area contributed by atoms with Crippen LogP contribution in [0, 0.1) is 17.8 Å². The quantitative estimate of drug-likeness (QED) is 0.865. The monoisotopic (exact) mass is 337 g/mol. The Morgan fingerprint density at radius 3 is 2.40 bits per heavy atom. The van der Waals surface area contributed by atoms with Crippen molar-refractivity contribution in [3.63, 3.8) is 0 Å². The fraction of sp³-hybridized carbons (Fsp3) is 0.550. The van der Waals surface area contributed by atoms with Gasteiger partial charge < -0.3 is 4.90 Å². The van der Waals surface area contributed by atoms with Gasteiger partial charge in [-0.15, -0.1) is 0 Å². The minimum absolute atomic E-state index is 0.00634. The van der Waals surface area contributed by atoms with Crippen LogP contribution in [0.4, 0.5) is 0 Å². The van der Waals surface area contributed by atoms with Crippen molar-refractivity contribution in [3.8, 4) is 0 Å². The molecule has 2 heterocycles. The predicted octanol–water partition coefficient (Wildman–Crippen LogP) is 2.58. The van der Waals surface area contributed by atoms with E-state index in [1.54, 1.807) is 13.1 Å². The highest BCUT2D eigenvalue weighted by Crippen LogP contribution is 2.48. The SMILES string of the molecule is Cn1nc(C(=O)N2C[C@H](C3CC3)C[C@@H]2C2CC2)c2ccccc2c1=O. The second kappa shape index (κ2) is 5.41. The van der Waals surface area contributed by atoms with Crippen molar-refractivity contribution >= 4 is 16.7 Å². The number of likely N-dealkylation sites (tertiary alicyclic amines) is 1. The molecular formula is C20H23N3O2. The number of carbonyl (C=O) groups excluding carboxylic acids is 1. The molecule has 1 saturated heterocycles. The minimum Gasteiger partial charge on any atom is -0.334 e. The molecule has 1 aromatic heterocycles. The van der Waals surface area contributed by atoms with E-state index in [2.05, 4.69) is 10.00 Å². The molecule has 2 saturated carbocycles. The van der Waals surface area contributed by atoms with Gasteiger partial charge in [0.1, 0.15) is 0 Å². The number of hydrogen-bond acceptors (Lipinski definition) is 3. The molecule has 25 heavy (non-hydrogen) atoms. The number of carbonyl (C=O) groups is 1. The van der Waals surface area contributed by atoms with Gasteiger partial charge in [0.2, 0.25) is 0 Å². The molecule has 5 heteroatoms. The maximum Gasteiger partial charge on any atom is 0.275 e. The molecule has 0 unspecified atom stereocenters. The van der Waals surface area contributed by atoms with Gasteiger partial charge in [-0.1, -0.05) is 18.2 Å². The Kier molecular flexibility index (Phi) is 3.27. The summed E-state index contributed by atoms with van der Waals surface area (Å²) >= 11 is 0. The number of nitrogens with zero attached hydrogens (tertiary/aromatic N) is 3. The first-order valence-electron chi connectivity index (χ1n) is 9.40. The second-order valence-electron chi connectivity index (χ2n) is 8.02. The van der Waals surface area contributed by atoms with Crippen molar-refractivity contribution in [2.45, 2.75) is 38.1 Å². The largest absolute Gasteiger partial charge is 0.334 e. The van der Waals surface area contributed by atoms with Crippen LogP contribution in [0.1, 0.15) is 42.6 Å². The molecule has 3 fully saturated rings. The number of rotatable bonds is 3. The predicted molar refractivity (Wildman–Crippen MR) is 95.4 cm³/mol. The van der Waals surface area contributed by atoms with Gasteiger partial charge in [-0.2, -0.15) is 5.10 Å². The molecule has 0 spiro atoms. The van der Waals surface area contributed by atoms with Crippen LogP contribution in [0.3, 0.4) is 0 Å². The zero-order valence-corrected chi connectivity index (χ0v) is 14.5. The first-order chi connectivity index (χ1) is 12.1. The van der Waals surface area contributed by atoms with Crippen LogP contribution >= 0.6 is 0 Å². The molecule has 0 bridgehead atoms. The van der Waals surface area contributed by atoms with Crippen LogP contribution in [0.2, 0.25) is 0 Å². The highest BCUT2D eigenvalue weighted by Gasteiger charge is 2.48. The van der Waals surface area contributed by atoms with E-state index in [1.807, 2.05) is 18.2 Å². The van der Waals surface area contributed by atoms with Crippen molar-refractivity contribution in [2.24, 2.45) is 24.8 Å². The summed E-state index contributed by atoms with van der Waals surface area (Å²) in [6.45, 7) is 0.865. The van der Waals surface area contributed by atoms with Gasteiger partial charge in [0.25, 0.3) is 11.5 Å². The third-order valence-corrected chi connectivity index (χ3v) is 6.25. The summed E-state index contributed by atoms with van der Waals surface area (Å²) in [7, 11) is 1.63. The van der Waals surface area contributed by atoms with Crippen LogP contribution in [0.25, 0.3) is 10.8 Å². The molecule has 1 aromatic carbocycles. The molecule has 1 aliphatic heterocycles. The lowest BCUT2D eigenvalue weighted by molar-refractivity contribution is 0.0710. The summed E-state index contributed by atoms with van der Waals surface area (Å²) in [6, 6.07) is 7.71. The van der Waals surface area contributed by atoms with E-state index in [4.69, 9.17) is 0 Å². The highest BCUT2D eigenvalue weighted by atomic mass is 16.2. The molecule has 130 valence electrons. The van der Waals surface area contributed by atoms with E-state index >= 15 is 0 Å². The molecule has 3 aliphatic rings. The highest BCUT2D eigenvalue weighted by molar-refractivity contribution is 6.05. The minimum atomic E-state index is -0.150. The van der Waals surface area contributed by atoms with Gasteiger partial charge in [-0.05, 0) is 55.9 Å². The number of aryl methyl sites for hydroxylation is 1. The normalized spacial score (nSPS) is 26.4. The molecular weight excluding hydrogens is 314 g/mol. The third kappa shape index (κ3) is 2.48. The molecule has 1 amide bonds. The van der Waals surface area contributed by atoms with E-state index < -0.39 is 0 Å². The zero-order valence-electron chi connectivity index (χ0n) is 14.5. The van der Waals surface area contributed by atoms with E-state index in [1.165, 1.54) is 30.4 Å². The molecule has 0 N–H and O–H groups in total. The average Bonchev–Trinajstić information content (AvgIpc) is 3.56. The van der Waals surface area contributed by atoms with Gasteiger partial charge in [0.15, 0.2) is 5.69 Å². The Morgan fingerprint density at radius 1 is 1.04 bits per heavy atom. The van der Waals surface area contributed by atoms with Crippen molar-refractivity contribution in [1.82, 2.24) is 14.7 Å². The van der Waals surface area contributed by atoms with Crippen molar-refractivity contribution < 1.29 is 4.79 Å². The third-order valence-electron chi connectivity index (χ3n) is 6.25. The summed E-state index contributed by atoms with van der Waals surface area (Å²) in [5, 5.41) is 5.61. The van der Waals surface area contributed by atoms with Gasteiger partial charge in [-0.3, -0.25) is 9.59 Å². The number of benzene rings is 1. The standard InChI is InChI=1S/C20H23N3O2/c1-22-19(24)16-5-3-2-4-15(16)18(21-22)20(25)23-11-14(12-6-7-12)10-17(23)13-8-9-13/h2-5,12-14,17H,6-11H2,1H3/t14-,17-/m1/s1. The van der Waals surface area contributed by atoms with Gasteiger partial charge in [0.05, 0.1) is 5.39 Å². The smallest absolute Gasteiger partial charge is 0.275 e. The Balaban J connectivity index is 1.56. The molecule has 2 atom stereocenters. The van der Waals surface area contributed by atoms with E-state index in [0.29, 0.717) is 34.3 Å². The summed E-state index contributed by atoms with van der Waals surface area (Å²) in [4.78, 5) is 27.8. The Hall–Kier alpha value is -2.17. The lowest BCUT2D eigenvalue weighted by Crippen LogP contribution is -2.38. The van der Waals surface area contributed by atoms with E-state index in [0.717, 1.165) is 18.9 Å². The molecule has 2 aliphatic carbocycles. The summed E-state index contributed by atoms with van der Waals surface area (Å²) in [6.07, 6.45) is 6.29. The number of amides is 1. The molecule has 5 rings (SSSR count). The summed E-state index contributed by atoms with van der Waals surface area (Å²) < 4.78 is 1.30. The maximum atomic E-state index is 13.4. The van der Waals surface area contributed by atoms with Crippen LogP contribution < -0.4 is 5.56 Å². The lowest BCUT2D eigenvalue weighted by Gasteiger charge is -2.24. The van der Waals surface area contributed by atoms with Gasteiger partial charge in [0, 0.05) is 25.0 Å². The number of aromatic nitrogens is 2. The Morgan fingerprint density at radius 2 is 1.72 bits per heavy atom. The van der Waals surface area contributed by atoms with Crippen LogP contribution in [-0.4, -0.2) is 33.2 Å². The second-order valence-corrected chi connectivity index (χ2v) is 8.02. The average molecular weight is 337 g/mol. The first kappa shape index (κ1) is 15.1. The van der Waals surface area contributed by atoms with Crippen molar-refractivity contribution in [2.75, 3.05) is 6.54 Å². The Bertz CT molecular complexity index is 911. The van der Waals surface area contributed by atoms with Crippen molar-refractivity contribution in [1.29, 1.82) is 0 Å². The van der Waals surface area contributed by atoms with Gasteiger partial charge in [-0.25, -0.2) is 4.68 Å².